The molecule has 1 aromatic rings. The summed E-state index contributed by atoms with van der Waals surface area (Å²) in [5, 5.41) is 7.14. The molecule has 18 heavy (non-hydrogen) atoms. The van der Waals surface area contributed by atoms with Crippen LogP contribution in [0.2, 0.25) is 10.0 Å². The van der Waals surface area contributed by atoms with E-state index in [4.69, 9.17) is 23.2 Å². The number of carbonyl (C=O) groups excluding carboxylic acids is 1. The Morgan fingerprint density at radius 1 is 1.50 bits per heavy atom. The first-order valence-electron chi connectivity index (χ1n) is 6.07. The molecule has 5 heteroatoms. The van der Waals surface area contributed by atoms with Gasteiger partial charge in [0.05, 0.1) is 22.1 Å². The maximum atomic E-state index is 12.0. The van der Waals surface area contributed by atoms with Crippen molar-refractivity contribution in [3.8, 4) is 0 Å². The van der Waals surface area contributed by atoms with Crippen molar-refractivity contribution in [3.05, 3.63) is 33.8 Å². The molecule has 2 atom stereocenters. The third-order valence-electron chi connectivity index (χ3n) is 3.18. The van der Waals surface area contributed by atoms with Crippen LogP contribution in [-0.4, -0.2) is 18.5 Å². The van der Waals surface area contributed by atoms with Crippen LogP contribution < -0.4 is 10.6 Å². The van der Waals surface area contributed by atoms with Gasteiger partial charge in [-0.1, -0.05) is 35.3 Å². The Bertz CT molecular complexity index is 445. The lowest BCUT2D eigenvalue weighted by molar-refractivity contribution is -0.123. The highest BCUT2D eigenvalue weighted by molar-refractivity contribution is 6.42. The van der Waals surface area contributed by atoms with Gasteiger partial charge in [0.25, 0.3) is 0 Å². The highest BCUT2D eigenvalue weighted by atomic mass is 35.5. The third-order valence-corrected chi connectivity index (χ3v) is 4.02. The van der Waals surface area contributed by atoms with E-state index < -0.39 is 0 Å². The molecule has 1 aromatic carbocycles. The SMILES string of the molecule is CC(NC(=O)C1CCCN1)c1cccc(Cl)c1Cl. The summed E-state index contributed by atoms with van der Waals surface area (Å²) in [4.78, 5) is 12.0. The third kappa shape index (κ3) is 2.97. The number of rotatable bonds is 3. The fourth-order valence-electron chi connectivity index (χ4n) is 2.15. The molecule has 0 spiro atoms. The zero-order chi connectivity index (χ0) is 13.1. The Morgan fingerprint density at radius 3 is 2.94 bits per heavy atom. The fourth-order valence-corrected chi connectivity index (χ4v) is 2.63. The van der Waals surface area contributed by atoms with Crippen LogP contribution in [0.5, 0.6) is 0 Å². The maximum Gasteiger partial charge on any atom is 0.237 e. The van der Waals surface area contributed by atoms with Crippen LogP contribution in [0.1, 0.15) is 31.4 Å². The molecule has 3 nitrogen and oxygen atoms in total. The van der Waals surface area contributed by atoms with Gasteiger partial charge in [0.1, 0.15) is 0 Å². The molecule has 98 valence electrons. The summed E-state index contributed by atoms with van der Waals surface area (Å²) in [6.07, 6.45) is 1.94. The lowest BCUT2D eigenvalue weighted by atomic mass is 10.1. The monoisotopic (exact) mass is 286 g/mol. The molecular weight excluding hydrogens is 271 g/mol. The van der Waals surface area contributed by atoms with E-state index in [1.807, 2.05) is 19.1 Å². The van der Waals surface area contributed by atoms with E-state index in [0.717, 1.165) is 24.9 Å². The Hall–Kier alpha value is -0.770. The van der Waals surface area contributed by atoms with Gasteiger partial charge in [0.15, 0.2) is 0 Å². The normalized spacial score (nSPS) is 20.7. The van der Waals surface area contributed by atoms with Crippen molar-refractivity contribution >= 4 is 29.1 Å². The molecule has 2 N–H and O–H groups in total. The number of carbonyl (C=O) groups is 1. The molecule has 0 bridgehead atoms. The topological polar surface area (TPSA) is 41.1 Å². The predicted molar refractivity (Wildman–Crippen MR) is 74.0 cm³/mol. The van der Waals surface area contributed by atoms with Crippen molar-refractivity contribution in [1.82, 2.24) is 10.6 Å². The van der Waals surface area contributed by atoms with Crippen molar-refractivity contribution in [3.63, 3.8) is 0 Å². The number of benzene rings is 1. The van der Waals surface area contributed by atoms with Crippen LogP contribution >= 0.6 is 23.2 Å². The van der Waals surface area contributed by atoms with Crippen molar-refractivity contribution in [1.29, 1.82) is 0 Å². The number of hydrogen-bond acceptors (Lipinski definition) is 2. The average Bonchev–Trinajstić information content (AvgIpc) is 2.86. The van der Waals surface area contributed by atoms with Crippen LogP contribution in [-0.2, 0) is 4.79 Å². The van der Waals surface area contributed by atoms with E-state index >= 15 is 0 Å². The van der Waals surface area contributed by atoms with E-state index in [0.29, 0.717) is 10.0 Å². The second-order valence-corrected chi connectivity index (χ2v) is 5.31. The standard InChI is InChI=1S/C13H16Cl2N2O/c1-8(9-4-2-5-10(14)12(9)15)17-13(18)11-6-3-7-16-11/h2,4-5,8,11,16H,3,6-7H2,1H3,(H,17,18). The Kier molecular flexibility index (Phi) is 4.49. The summed E-state index contributed by atoms with van der Waals surface area (Å²) in [5.74, 6) is 0.0241. The molecule has 1 aliphatic heterocycles. The molecule has 1 amide bonds. The van der Waals surface area contributed by atoms with Gasteiger partial charge in [0.2, 0.25) is 5.91 Å². The first-order valence-corrected chi connectivity index (χ1v) is 6.83. The van der Waals surface area contributed by atoms with Crippen molar-refractivity contribution in [2.45, 2.75) is 31.8 Å². The Labute approximate surface area is 117 Å². The van der Waals surface area contributed by atoms with Gasteiger partial charge >= 0.3 is 0 Å². The van der Waals surface area contributed by atoms with E-state index in [9.17, 15) is 4.79 Å². The van der Waals surface area contributed by atoms with Crippen LogP contribution in [0.4, 0.5) is 0 Å². The van der Waals surface area contributed by atoms with Crippen molar-refractivity contribution in [2.75, 3.05) is 6.54 Å². The van der Waals surface area contributed by atoms with Crippen LogP contribution in [0.25, 0.3) is 0 Å². The lowest BCUT2D eigenvalue weighted by Crippen LogP contribution is -2.41. The average molecular weight is 287 g/mol. The predicted octanol–water partition coefficient (Wildman–Crippen LogP) is 2.92. The van der Waals surface area contributed by atoms with Gasteiger partial charge in [-0.3, -0.25) is 4.79 Å². The number of halogens is 2. The Balaban J connectivity index is 2.04. The lowest BCUT2D eigenvalue weighted by Gasteiger charge is -2.19. The number of nitrogens with one attached hydrogen (secondary N) is 2. The van der Waals surface area contributed by atoms with Crippen molar-refractivity contribution < 1.29 is 4.79 Å². The van der Waals surface area contributed by atoms with Crippen LogP contribution in [0, 0.1) is 0 Å². The molecule has 0 saturated carbocycles. The summed E-state index contributed by atoms with van der Waals surface area (Å²) in [7, 11) is 0. The van der Waals surface area contributed by atoms with Gasteiger partial charge in [0, 0.05) is 0 Å². The van der Waals surface area contributed by atoms with E-state index in [1.165, 1.54) is 0 Å². The molecule has 1 saturated heterocycles. The quantitative estimate of drug-likeness (QED) is 0.897. The first-order chi connectivity index (χ1) is 8.59. The van der Waals surface area contributed by atoms with Crippen molar-refractivity contribution in [2.24, 2.45) is 0 Å². The Morgan fingerprint density at radius 2 is 2.28 bits per heavy atom. The summed E-state index contributed by atoms with van der Waals surface area (Å²) in [6.45, 7) is 2.81. The summed E-state index contributed by atoms with van der Waals surface area (Å²) >= 11 is 12.1. The zero-order valence-electron chi connectivity index (χ0n) is 10.2. The largest absolute Gasteiger partial charge is 0.348 e. The number of amides is 1. The van der Waals surface area contributed by atoms with Gasteiger partial charge in [-0.05, 0) is 37.9 Å². The van der Waals surface area contributed by atoms with Gasteiger partial charge in [-0.25, -0.2) is 0 Å². The van der Waals surface area contributed by atoms with Crippen LogP contribution in [0.3, 0.4) is 0 Å². The molecular formula is C13H16Cl2N2O. The molecule has 0 aliphatic carbocycles. The van der Waals surface area contributed by atoms with E-state index in [2.05, 4.69) is 10.6 Å². The maximum absolute atomic E-state index is 12.0. The van der Waals surface area contributed by atoms with Gasteiger partial charge < -0.3 is 10.6 Å². The zero-order valence-corrected chi connectivity index (χ0v) is 11.7. The minimum Gasteiger partial charge on any atom is -0.348 e. The summed E-state index contributed by atoms with van der Waals surface area (Å²) < 4.78 is 0. The summed E-state index contributed by atoms with van der Waals surface area (Å²) in [5.41, 5.74) is 0.843. The molecule has 1 fully saturated rings. The highest BCUT2D eigenvalue weighted by Gasteiger charge is 2.24. The van der Waals surface area contributed by atoms with E-state index in [1.54, 1.807) is 6.07 Å². The smallest absolute Gasteiger partial charge is 0.237 e. The van der Waals surface area contributed by atoms with Gasteiger partial charge in [-0.15, -0.1) is 0 Å². The minimum absolute atomic E-state index is 0.0241. The van der Waals surface area contributed by atoms with E-state index in [-0.39, 0.29) is 18.0 Å². The molecule has 2 rings (SSSR count). The first kappa shape index (κ1) is 13.7. The van der Waals surface area contributed by atoms with Gasteiger partial charge in [-0.2, -0.15) is 0 Å². The minimum atomic E-state index is -0.147. The molecule has 1 heterocycles. The molecule has 0 radical (unpaired) electrons. The molecule has 0 aromatic heterocycles. The summed E-state index contributed by atoms with van der Waals surface area (Å²) in [6, 6.07) is 5.22. The second-order valence-electron chi connectivity index (χ2n) is 4.52. The fraction of sp³-hybridized carbons (Fsp3) is 0.462. The second kappa shape index (κ2) is 5.91. The molecule has 2 unspecified atom stereocenters. The number of hydrogen-bond donors (Lipinski definition) is 2. The highest BCUT2D eigenvalue weighted by Crippen LogP contribution is 2.29. The molecule has 1 aliphatic rings. The van der Waals surface area contributed by atoms with Crippen LogP contribution in [0.15, 0.2) is 18.2 Å².